The predicted molar refractivity (Wildman–Crippen MR) is 124 cm³/mol. The number of ether oxygens (including phenoxy) is 1. The minimum absolute atomic E-state index is 0.0426. The van der Waals surface area contributed by atoms with E-state index in [2.05, 4.69) is 33.5 Å². The average molecular weight is 422 g/mol. The summed E-state index contributed by atoms with van der Waals surface area (Å²) in [6, 6.07) is 27.2. The summed E-state index contributed by atoms with van der Waals surface area (Å²) in [7, 11) is 0. The maximum Gasteiger partial charge on any atom is 0.251 e. The molecule has 0 radical (unpaired) electrons. The van der Waals surface area contributed by atoms with Crippen LogP contribution in [0.5, 0.6) is 11.6 Å². The van der Waals surface area contributed by atoms with Gasteiger partial charge in [0.2, 0.25) is 5.88 Å². The number of nitrogens with one attached hydrogen (secondary N) is 1. The fraction of sp³-hybridized carbons (Fsp3) is 0.148. The first-order chi connectivity index (χ1) is 15.8. The summed E-state index contributed by atoms with van der Waals surface area (Å²) < 4.78 is 5.82. The topological polar surface area (TPSA) is 64.1 Å². The molecular formula is C27H23N3O2. The van der Waals surface area contributed by atoms with Crippen LogP contribution in [0.2, 0.25) is 0 Å². The molecule has 4 aromatic rings. The fourth-order valence-corrected chi connectivity index (χ4v) is 4.13. The zero-order chi connectivity index (χ0) is 21.8. The van der Waals surface area contributed by atoms with Gasteiger partial charge in [0.1, 0.15) is 12.1 Å². The molecule has 5 rings (SSSR count). The molecule has 32 heavy (non-hydrogen) atoms. The van der Waals surface area contributed by atoms with Gasteiger partial charge in [-0.25, -0.2) is 9.97 Å². The van der Waals surface area contributed by atoms with Crippen molar-refractivity contribution in [1.82, 2.24) is 15.3 Å². The highest BCUT2D eigenvalue weighted by Crippen LogP contribution is 2.30. The van der Waals surface area contributed by atoms with Crippen molar-refractivity contribution >= 4 is 5.91 Å². The van der Waals surface area contributed by atoms with E-state index in [9.17, 15) is 4.79 Å². The Bertz CT molecular complexity index is 1240. The first-order valence-electron chi connectivity index (χ1n) is 10.8. The lowest BCUT2D eigenvalue weighted by atomic mass is 9.87. The summed E-state index contributed by atoms with van der Waals surface area (Å²) in [5, 5.41) is 3.22. The Kier molecular flexibility index (Phi) is 5.62. The van der Waals surface area contributed by atoms with Gasteiger partial charge in [0.15, 0.2) is 0 Å². The van der Waals surface area contributed by atoms with Crippen molar-refractivity contribution in [3.8, 4) is 22.9 Å². The lowest BCUT2D eigenvalue weighted by Gasteiger charge is -2.26. The molecule has 0 fully saturated rings. The number of para-hydroxylation sites is 1. The number of hydrogen-bond donors (Lipinski definition) is 1. The van der Waals surface area contributed by atoms with Crippen molar-refractivity contribution in [1.29, 1.82) is 0 Å². The second kappa shape index (κ2) is 9.02. The van der Waals surface area contributed by atoms with Crippen LogP contribution in [0.4, 0.5) is 0 Å². The molecule has 0 spiro atoms. The Hall–Kier alpha value is -3.99. The van der Waals surface area contributed by atoms with Crippen molar-refractivity contribution in [2.75, 3.05) is 0 Å². The Balaban J connectivity index is 1.35. The summed E-state index contributed by atoms with van der Waals surface area (Å²) in [5.41, 5.74) is 4.69. The van der Waals surface area contributed by atoms with Gasteiger partial charge in [-0.1, -0.05) is 54.6 Å². The molecule has 0 aliphatic heterocycles. The largest absolute Gasteiger partial charge is 0.439 e. The number of fused-ring (bicyclic) bond motifs is 1. The van der Waals surface area contributed by atoms with Crippen LogP contribution in [0, 0.1) is 0 Å². The summed E-state index contributed by atoms with van der Waals surface area (Å²) in [6.07, 6.45) is 4.57. The van der Waals surface area contributed by atoms with Crippen molar-refractivity contribution in [2.24, 2.45) is 0 Å². The van der Waals surface area contributed by atoms with Gasteiger partial charge >= 0.3 is 0 Å². The van der Waals surface area contributed by atoms with Crippen LogP contribution in [0.15, 0.2) is 91.3 Å². The third-order valence-corrected chi connectivity index (χ3v) is 5.70. The third-order valence-electron chi connectivity index (χ3n) is 5.70. The van der Waals surface area contributed by atoms with E-state index in [0.717, 1.165) is 24.8 Å². The maximum atomic E-state index is 13.0. The maximum absolute atomic E-state index is 13.0. The normalized spacial score (nSPS) is 14.9. The van der Waals surface area contributed by atoms with Gasteiger partial charge in [-0.05, 0) is 54.7 Å². The third kappa shape index (κ3) is 4.37. The highest BCUT2D eigenvalue weighted by atomic mass is 16.5. The van der Waals surface area contributed by atoms with Gasteiger partial charge in [-0.15, -0.1) is 0 Å². The molecular weight excluding hydrogens is 398 g/mol. The molecule has 1 aliphatic carbocycles. The molecule has 1 N–H and O–H groups in total. The van der Waals surface area contributed by atoms with Crippen LogP contribution in [-0.4, -0.2) is 15.9 Å². The summed E-state index contributed by atoms with van der Waals surface area (Å²) >= 11 is 0. The highest BCUT2D eigenvalue weighted by molar-refractivity contribution is 5.95. The molecule has 0 saturated carbocycles. The molecule has 1 aliphatic rings. The second-order valence-electron chi connectivity index (χ2n) is 7.85. The van der Waals surface area contributed by atoms with E-state index >= 15 is 0 Å². The van der Waals surface area contributed by atoms with E-state index in [-0.39, 0.29) is 11.9 Å². The van der Waals surface area contributed by atoms with Crippen molar-refractivity contribution in [3.05, 3.63) is 108 Å². The van der Waals surface area contributed by atoms with Crippen LogP contribution >= 0.6 is 0 Å². The summed E-state index contributed by atoms with van der Waals surface area (Å²) in [6.45, 7) is 0. The molecule has 1 atom stereocenters. The van der Waals surface area contributed by atoms with E-state index in [4.69, 9.17) is 4.74 Å². The molecule has 0 bridgehead atoms. The van der Waals surface area contributed by atoms with Crippen LogP contribution in [0.25, 0.3) is 11.3 Å². The van der Waals surface area contributed by atoms with Gasteiger partial charge in [-0.3, -0.25) is 4.79 Å². The van der Waals surface area contributed by atoms with E-state index in [1.54, 1.807) is 6.07 Å². The fourth-order valence-electron chi connectivity index (χ4n) is 4.13. The average Bonchev–Trinajstić information content (AvgIpc) is 2.85. The van der Waals surface area contributed by atoms with Crippen molar-refractivity contribution in [2.45, 2.75) is 25.3 Å². The smallest absolute Gasteiger partial charge is 0.251 e. The minimum Gasteiger partial charge on any atom is -0.439 e. The molecule has 1 heterocycles. The predicted octanol–water partition coefficient (Wildman–Crippen LogP) is 5.74. The molecule has 0 unspecified atom stereocenters. The van der Waals surface area contributed by atoms with E-state index < -0.39 is 0 Å². The SMILES string of the molecule is O=C(N[C@@H]1CCCc2ccccc21)c1cccc(-c2cc(Oc3ccccc3)ncn2)c1. The molecule has 0 saturated heterocycles. The van der Waals surface area contributed by atoms with Gasteiger partial charge in [0, 0.05) is 17.2 Å². The zero-order valence-corrected chi connectivity index (χ0v) is 17.6. The van der Waals surface area contributed by atoms with Gasteiger partial charge in [0.05, 0.1) is 11.7 Å². The molecule has 5 nitrogen and oxygen atoms in total. The Morgan fingerprint density at radius 2 is 1.75 bits per heavy atom. The minimum atomic E-state index is -0.0802. The quantitative estimate of drug-likeness (QED) is 0.446. The number of carbonyl (C=O) groups excluding carboxylic acids is 1. The van der Waals surface area contributed by atoms with Gasteiger partial charge in [0.25, 0.3) is 5.91 Å². The Morgan fingerprint density at radius 3 is 2.66 bits per heavy atom. The molecule has 5 heteroatoms. The van der Waals surface area contributed by atoms with E-state index in [1.807, 2.05) is 60.7 Å². The van der Waals surface area contributed by atoms with Crippen molar-refractivity contribution < 1.29 is 9.53 Å². The van der Waals surface area contributed by atoms with Crippen LogP contribution in [-0.2, 0) is 6.42 Å². The van der Waals surface area contributed by atoms with E-state index in [1.165, 1.54) is 17.5 Å². The van der Waals surface area contributed by atoms with Crippen LogP contribution in [0.1, 0.15) is 40.4 Å². The van der Waals surface area contributed by atoms with E-state index in [0.29, 0.717) is 22.9 Å². The number of hydrogen-bond acceptors (Lipinski definition) is 4. The first-order valence-corrected chi connectivity index (χ1v) is 10.8. The zero-order valence-electron chi connectivity index (χ0n) is 17.6. The Labute approximate surface area is 187 Å². The number of aryl methyl sites for hydroxylation is 1. The number of amides is 1. The Morgan fingerprint density at radius 1 is 0.906 bits per heavy atom. The number of benzene rings is 3. The first kappa shape index (κ1) is 19.9. The number of rotatable bonds is 5. The second-order valence-corrected chi connectivity index (χ2v) is 7.85. The summed E-state index contributed by atoms with van der Waals surface area (Å²) in [4.78, 5) is 21.6. The van der Waals surface area contributed by atoms with Gasteiger partial charge < -0.3 is 10.1 Å². The number of carbonyl (C=O) groups is 1. The lowest BCUT2D eigenvalue weighted by Crippen LogP contribution is -2.30. The monoisotopic (exact) mass is 421 g/mol. The van der Waals surface area contributed by atoms with Crippen LogP contribution in [0.3, 0.4) is 0 Å². The number of nitrogens with zero attached hydrogens (tertiary/aromatic N) is 2. The standard InChI is InChI=1S/C27H23N3O2/c31-27(30-24-15-7-9-19-8-4-5-14-23(19)24)21-11-6-10-20(16-21)25-17-26(29-18-28-25)32-22-12-2-1-3-13-22/h1-6,8,10-14,16-18,24H,7,9,15H2,(H,30,31)/t24-/m1/s1. The summed E-state index contributed by atoms with van der Waals surface area (Å²) in [5.74, 6) is 1.08. The van der Waals surface area contributed by atoms with Crippen LogP contribution < -0.4 is 10.1 Å². The van der Waals surface area contributed by atoms with Gasteiger partial charge in [-0.2, -0.15) is 0 Å². The molecule has 3 aromatic carbocycles. The van der Waals surface area contributed by atoms with Crippen molar-refractivity contribution in [3.63, 3.8) is 0 Å². The molecule has 158 valence electrons. The highest BCUT2D eigenvalue weighted by Gasteiger charge is 2.22. The number of aromatic nitrogens is 2. The lowest BCUT2D eigenvalue weighted by molar-refractivity contribution is 0.0933. The molecule has 1 amide bonds. The molecule has 1 aromatic heterocycles.